The normalized spacial score (nSPS) is 18.3. The lowest BCUT2D eigenvalue weighted by Crippen LogP contribution is -2.45. The SMILES string of the molecule is COc1cc(CN2CCC(CCCN3CCC(N(Cc4ccoc4)c4nc5ccccc5[nH]4)CC3)(Cc3ccc(F)cc3)C2=O)cc(OC)c1OC. The molecule has 3 aromatic carbocycles. The van der Waals surface area contributed by atoms with Crippen molar-refractivity contribution in [2.24, 2.45) is 5.41 Å². The number of carbonyl (C=O) groups is 1. The number of aromatic amines is 1. The molecule has 0 saturated carbocycles. The fourth-order valence-electron chi connectivity index (χ4n) is 8.10. The fraction of sp³-hybridized carbons (Fsp3) is 0.415. The number of halogens is 1. The quantitative estimate of drug-likeness (QED) is 0.122. The smallest absolute Gasteiger partial charge is 0.229 e. The topological polar surface area (TPSA) is 96.3 Å². The Morgan fingerprint density at radius 1 is 0.942 bits per heavy atom. The van der Waals surface area contributed by atoms with Crippen LogP contribution >= 0.6 is 0 Å². The Morgan fingerprint density at radius 3 is 2.37 bits per heavy atom. The van der Waals surface area contributed by atoms with Crippen molar-refractivity contribution in [3.8, 4) is 17.2 Å². The van der Waals surface area contributed by atoms with Gasteiger partial charge in [-0.25, -0.2) is 9.37 Å². The van der Waals surface area contributed by atoms with Gasteiger partial charge in [0.2, 0.25) is 17.6 Å². The molecular weight excluding hydrogens is 661 g/mol. The Kier molecular flexibility index (Phi) is 10.7. The molecule has 2 aromatic heterocycles. The number of carbonyl (C=O) groups excluding carboxylic acids is 1. The molecule has 4 heterocycles. The van der Waals surface area contributed by atoms with Crippen molar-refractivity contribution in [1.29, 1.82) is 0 Å². The molecule has 0 radical (unpaired) electrons. The highest BCUT2D eigenvalue weighted by Gasteiger charge is 2.46. The standard InChI is InChI=1S/C41H48FN5O5/c1-49-36-23-31(24-37(50-2)38(36)51-3)26-46-21-17-41(39(46)48,25-29-9-11-32(42)12-10-29)16-6-18-45-19-13-33(14-20-45)47(27-30-15-22-52-28-30)40-43-34-7-4-5-8-35(34)44-40/h4-5,7-12,15,22-24,28,33H,6,13-14,16-21,25-27H2,1-3H3,(H,43,44). The van der Waals surface area contributed by atoms with E-state index in [4.69, 9.17) is 23.6 Å². The van der Waals surface area contributed by atoms with E-state index in [1.54, 1.807) is 27.6 Å². The molecule has 0 aliphatic carbocycles. The molecule has 1 unspecified atom stereocenters. The number of nitrogens with one attached hydrogen (secondary N) is 1. The van der Waals surface area contributed by atoms with Crippen LogP contribution in [0.25, 0.3) is 11.0 Å². The van der Waals surface area contributed by atoms with Gasteiger partial charge in [0.25, 0.3) is 0 Å². The zero-order valence-electron chi connectivity index (χ0n) is 30.3. The first-order chi connectivity index (χ1) is 25.4. The van der Waals surface area contributed by atoms with Crippen LogP contribution in [0.4, 0.5) is 10.3 Å². The molecule has 5 aromatic rings. The predicted molar refractivity (Wildman–Crippen MR) is 198 cm³/mol. The predicted octanol–water partition coefficient (Wildman–Crippen LogP) is 7.23. The van der Waals surface area contributed by atoms with Crippen molar-refractivity contribution in [2.45, 2.75) is 57.7 Å². The van der Waals surface area contributed by atoms with Gasteiger partial charge in [0.15, 0.2) is 11.5 Å². The van der Waals surface area contributed by atoms with E-state index in [9.17, 15) is 9.18 Å². The summed E-state index contributed by atoms with van der Waals surface area (Å²) in [6, 6.07) is 20.9. The highest BCUT2D eigenvalue weighted by Crippen LogP contribution is 2.43. The Hall–Kier alpha value is -5.03. The van der Waals surface area contributed by atoms with E-state index >= 15 is 0 Å². The molecule has 0 bridgehead atoms. The third-order valence-corrected chi connectivity index (χ3v) is 10.9. The van der Waals surface area contributed by atoms with E-state index < -0.39 is 5.41 Å². The van der Waals surface area contributed by atoms with Crippen LogP contribution in [-0.4, -0.2) is 79.2 Å². The summed E-state index contributed by atoms with van der Waals surface area (Å²) in [4.78, 5) is 29.8. The van der Waals surface area contributed by atoms with Gasteiger partial charge in [-0.15, -0.1) is 0 Å². The summed E-state index contributed by atoms with van der Waals surface area (Å²) >= 11 is 0. The van der Waals surface area contributed by atoms with E-state index in [0.29, 0.717) is 42.8 Å². The summed E-state index contributed by atoms with van der Waals surface area (Å²) in [6.07, 6.45) is 8.55. The molecule has 7 rings (SSSR count). The number of H-pyrrole nitrogens is 1. The van der Waals surface area contributed by atoms with E-state index in [1.807, 2.05) is 59.7 Å². The number of piperidine rings is 1. The van der Waals surface area contributed by atoms with Crippen LogP contribution in [0.2, 0.25) is 0 Å². The number of nitrogens with zero attached hydrogens (tertiary/aromatic N) is 4. The van der Waals surface area contributed by atoms with Gasteiger partial charge in [0, 0.05) is 44.3 Å². The Bertz CT molecular complexity index is 1880. The van der Waals surface area contributed by atoms with Crippen molar-refractivity contribution >= 4 is 22.9 Å². The van der Waals surface area contributed by atoms with Crippen LogP contribution in [-0.2, 0) is 24.3 Å². The third-order valence-electron chi connectivity index (χ3n) is 10.9. The van der Waals surface area contributed by atoms with Gasteiger partial charge in [-0.05, 0) is 98.7 Å². The van der Waals surface area contributed by atoms with E-state index in [0.717, 1.165) is 92.0 Å². The highest BCUT2D eigenvalue weighted by atomic mass is 19.1. The van der Waals surface area contributed by atoms with Crippen molar-refractivity contribution in [3.05, 3.63) is 102 Å². The average molecular weight is 710 g/mol. The molecule has 274 valence electrons. The van der Waals surface area contributed by atoms with Crippen LogP contribution in [0, 0.1) is 11.2 Å². The number of rotatable bonds is 15. The van der Waals surface area contributed by atoms with Crippen molar-refractivity contribution < 1.29 is 27.8 Å². The number of furan rings is 1. The second-order valence-electron chi connectivity index (χ2n) is 14.1. The lowest BCUT2D eigenvalue weighted by Gasteiger charge is -2.39. The number of ether oxygens (including phenoxy) is 3. The molecule has 2 fully saturated rings. The van der Waals surface area contributed by atoms with Gasteiger partial charge >= 0.3 is 0 Å². The number of para-hydroxylation sites is 2. The van der Waals surface area contributed by atoms with E-state index in [1.165, 1.54) is 12.1 Å². The van der Waals surface area contributed by atoms with E-state index in [-0.39, 0.29) is 11.7 Å². The molecule has 0 spiro atoms. The monoisotopic (exact) mass is 709 g/mol. The second-order valence-corrected chi connectivity index (χ2v) is 14.1. The lowest BCUT2D eigenvalue weighted by atomic mass is 9.76. The summed E-state index contributed by atoms with van der Waals surface area (Å²) in [5.74, 6) is 2.41. The number of anilines is 1. The average Bonchev–Trinajstić information content (AvgIpc) is 3.92. The van der Waals surface area contributed by atoms with Gasteiger partial charge in [-0.2, -0.15) is 0 Å². The molecule has 1 N–H and O–H groups in total. The van der Waals surface area contributed by atoms with Gasteiger partial charge < -0.3 is 38.3 Å². The number of likely N-dealkylation sites (tertiary alicyclic amines) is 2. The molecule has 2 aliphatic rings. The number of methoxy groups -OCH3 is 3. The van der Waals surface area contributed by atoms with Crippen LogP contribution in [0.3, 0.4) is 0 Å². The van der Waals surface area contributed by atoms with E-state index in [2.05, 4.69) is 20.9 Å². The molecule has 10 nitrogen and oxygen atoms in total. The maximum atomic E-state index is 14.4. The molecule has 1 atom stereocenters. The molecule has 2 aliphatic heterocycles. The Morgan fingerprint density at radius 2 is 1.69 bits per heavy atom. The number of aromatic nitrogens is 2. The van der Waals surface area contributed by atoms with Crippen LogP contribution < -0.4 is 19.1 Å². The van der Waals surface area contributed by atoms with Gasteiger partial charge in [0.05, 0.1) is 50.3 Å². The summed E-state index contributed by atoms with van der Waals surface area (Å²) in [7, 11) is 4.77. The van der Waals surface area contributed by atoms with Crippen LogP contribution in [0.5, 0.6) is 17.2 Å². The van der Waals surface area contributed by atoms with Crippen molar-refractivity contribution in [2.75, 3.05) is 52.4 Å². The highest BCUT2D eigenvalue weighted by molar-refractivity contribution is 5.85. The third kappa shape index (κ3) is 7.60. The van der Waals surface area contributed by atoms with Crippen LogP contribution in [0.15, 0.2) is 83.7 Å². The van der Waals surface area contributed by atoms with Crippen molar-refractivity contribution in [1.82, 2.24) is 19.8 Å². The summed E-state index contributed by atoms with van der Waals surface area (Å²) in [6.45, 7) is 4.68. The minimum Gasteiger partial charge on any atom is -0.493 e. The lowest BCUT2D eigenvalue weighted by molar-refractivity contribution is -0.137. The Balaban J connectivity index is 1.01. The summed E-state index contributed by atoms with van der Waals surface area (Å²) in [5, 5.41) is 0. The number of imidazole rings is 1. The number of hydrogen-bond donors (Lipinski definition) is 1. The van der Waals surface area contributed by atoms with Gasteiger partial charge in [0.1, 0.15) is 5.82 Å². The summed E-state index contributed by atoms with van der Waals surface area (Å²) < 4.78 is 35.9. The number of benzene rings is 3. The maximum absolute atomic E-state index is 14.4. The second kappa shape index (κ2) is 15.7. The maximum Gasteiger partial charge on any atom is 0.229 e. The molecule has 1 amide bonds. The van der Waals surface area contributed by atoms with Crippen molar-refractivity contribution in [3.63, 3.8) is 0 Å². The number of fused-ring (bicyclic) bond motifs is 1. The number of amides is 1. The first kappa shape index (κ1) is 35.4. The molecule has 52 heavy (non-hydrogen) atoms. The molecular formula is C41H48FN5O5. The zero-order valence-corrected chi connectivity index (χ0v) is 30.3. The first-order valence-corrected chi connectivity index (χ1v) is 18.2. The minimum atomic E-state index is -0.556. The fourth-order valence-corrected chi connectivity index (χ4v) is 8.10. The largest absolute Gasteiger partial charge is 0.493 e. The zero-order chi connectivity index (χ0) is 36.1. The van der Waals surface area contributed by atoms with Crippen LogP contribution in [0.1, 0.15) is 48.8 Å². The molecule has 11 heteroatoms. The minimum absolute atomic E-state index is 0.144. The summed E-state index contributed by atoms with van der Waals surface area (Å²) in [5.41, 5.74) is 4.45. The Labute approximate surface area is 304 Å². The number of hydrogen-bond acceptors (Lipinski definition) is 8. The van der Waals surface area contributed by atoms with Gasteiger partial charge in [-0.1, -0.05) is 24.3 Å². The molecule has 2 saturated heterocycles. The first-order valence-electron chi connectivity index (χ1n) is 18.2. The van der Waals surface area contributed by atoms with Gasteiger partial charge in [-0.3, -0.25) is 4.79 Å².